The van der Waals surface area contributed by atoms with Crippen LogP contribution >= 0.6 is 0 Å². The molecule has 0 saturated heterocycles. The molecule has 0 spiro atoms. The first-order chi connectivity index (χ1) is 20.4. The molecule has 43 heavy (non-hydrogen) atoms. The molecule has 0 bridgehead atoms. The third-order valence-corrected chi connectivity index (χ3v) is 9.64. The quantitative estimate of drug-likeness (QED) is 0.145. The summed E-state index contributed by atoms with van der Waals surface area (Å²) in [7, 11) is -4.64. The molecule has 0 amide bonds. The molecule has 0 aliphatic heterocycles. The molecule has 4 heterocycles. The van der Waals surface area contributed by atoms with Gasteiger partial charge in [-0.15, -0.1) is 0 Å². The zero-order chi connectivity index (χ0) is 30.9. The van der Waals surface area contributed by atoms with Gasteiger partial charge in [0.2, 0.25) is 5.88 Å². The van der Waals surface area contributed by atoms with Gasteiger partial charge in [0.1, 0.15) is 30.4 Å². The van der Waals surface area contributed by atoms with E-state index in [1.807, 2.05) is 9.29 Å². The van der Waals surface area contributed by atoms with Gasteiger partial charge in [0.25, 0.3) is 10.0 Å². The Kier molecular flexibility index (Phi) is 8.31. The summed E-state index contributed by atoms with van der Waals surface area (Å²) in [6.07, 6.45) is 7.18. The van der Waals surface area contributed by atoms with E-state index in [0.717, 1.165) is 31.5 Å². The number of anilines is 1. The number of nitrogens with one attached hydrogen (secondary N) is 1. The molecule has 226 valence electrons. The van der Waals surface area contributed by atoms with Crippen LogP contribution in [-0.4, -0.2) is 54.1 Å². The fourth-order valence-corrected chi connectivity index (χ4v) is 6.29. The van der Waals surface area contributed by atoms with Crippen molar-refractivity contribution >= 4 is 29.3 Å². The van der Waals surface area contributed by atoms with Crippen LogP contribution < -0.4 is 9.46 Å². The van der Waals surface area contributed by atoms with E-state index in [4.69, 9.17) is 9.47 Å². The molecule has 5 rings (SSSR count). The van der Waals surface area contributed by atoms with E-state index in [-0.39, 0.29) is 5.56 Å². The molecule has 15 heteroatoms. The molecule has 10 nitrogen and oxygen atoms in total. The summed E-state index contributed by atoms with van der Waals surface area (Å²) in [5, 5.41) is 0. The molecule has 1 aromatic carbocycles. The van der Waals surface area contributed by atoms with Gasteiger partial charge in [-0.3, -0.25) is 4.72 Å². The van der Waals surface area contributed by atoms with Crippen LogP contribution in [0.5, 0.6) is 5.88 Å². The van der Waals surface area contributed by atoms with Crippen molar-refractivity contribution in [1.29, 1.82) is 0 Å². The van der Waals surface area contributed by atoms with E-state index >= 15 is 4.39 Å². The maximum absolute atomic E-state index is 15.7. The van der Waals surface area contributed by atoms with Gasteiger partial charge in [0.15, 0.2) is 16.5 Å². The van der Waals surface area contributed by atoms with Crippen LogP contribution in [0, 0.1) is 17.5 Å². The second-order valence-corrected chi connectivity index (χ2v) is 18.2. The predicted molar refractivity (Wildman–Crippen MR) is 157 cm³/mol. The van der Waals surface area contributed by atoms with Crippen LogP contribution in [0.1, 0.15) is 0 Å². The minimum absolute atomic E-state index is 0.121. The zero-order valence-electron chi connectivity index (χ0n) is 23.8. The van der Waals surface area contributed by atoms with Crippen molar-refractivity contribution in [3.8, 4) is 28.5 Å². The first-order valence-corrected chi connectivity index (χ1v) is 18.3. The van der Waals surface area contributed by atoms with E-state index in [0.29, 0.717) is 36.4 Å². The normalized spacial score (nSPS) is 12.2. The fourth-order valence-electron chi connectivity index (χ4n) is 4.34. The number of benzene rings is 1. The first-order valence-electron chi connectivity index (χ1n) is 13.1. The van der Waals surface area contributed by atoms with E-state index in [1.165, 1.54) is 18.6 Å². The second-order valence-electron chi connectivity index (χ2n) is 10.9. The standard InChI is InChI=1S/C28H29F3N6O4SSi/c1-40-28-23(13-19(29)14-33-28)42(38,39)35-21-7-6-20(30)24(25(21)31)18-5-8-22-26(34-16-37(22)15-18)27-32-9-10-36(27)17-41-11-12-43(2,3)4/h5-10,13-16,35H,11-12,17H2,1-4H3. The molecule has 1 N–H and O–H groups in total. The number of ether oxygens (including phenoxy) is 2. The molecule has 0 saturated carbocycles. The van der Waals surface area contributed by atoms with Crippen LogP contribution in [0.15, 0.2) is 66.3 Å². The van der Waals surface area contributed by atoms with Gasteiger partial charge in [-0.2, -0.15) is 0 Å². The number of halogens is 3. The Hall–Kier alpha value is -4.21. The Bertz CT molecular complexity index is 1910. The SMILES string of the molecule is COc1ncc(F)cc1S(=O)(=O)Nc1ccc(F)c(-c2ccc3c(-c4nccn4COCC[Si](C)(C)C)ncn3c2)c1F. The highest BCUT2D eigenvalue weighted by Gasteiger charge is 2.25. The van der Waals surface area contributed by atoms with Gasteiger partial charge >= 0.3 is 0 Å². The van der Waals surface area contributed by atoms with Crippen molar-refractivity contribution < 1.29 is 31.1 Å². The van der Waals surface area contributed by atoms with E-state index in [1.54, 1.807) is 22.9 Å². The highest BCUT2D eigenvalue weighted by atomic mass is 32.2. The second kappa shape index (κ2) is 11.8. The van der Waals surface area contributed by atoms with E-state index in [2.05, 4.69) is 34.6 Å². The lowest BCUT2D eigenvalue weighted by Gasteiger charge is -2.16. The van der Waals surface area contributed by atoms with E-state index in [9.17, 15) is 17.2 Å². The summed E-state index contributed by atoms with van der Waals surface area (Å²) >= 11 is 0. The van der Waals surface area contributed by atoms with Crippen molar-refractivity contribution in [1.82, 2.24) is 23.9 Å². The number of methoxy groups -OCH3 is 1. The third kappa shape index (κ3) is 6.43. The predicted octanol–water partition coefficient (Wildman–Crippen LogP) is 5.80. The molecule has 0 fully saturated rings. The molecule has 4 aromatic heterocycles. The molecule has 5 aromatic rings. The van der Waals surface area contributed by atoms with E-state index < -0.39 is 57.6 Å². The summed E-state index contributed by atoms with van der Waals surface area (Å²) in [5.41, 5.74) is 0.270. The smallest absolute Gasteiger partial charge is 0.267 e. The average Bonchev–Trinajstić information content (AvgIpc) is 3.58. The molecule has 0 atom stereocenters. The lowest BCUT2D eigenvalue weighted by Crippen LogP contribution is -2.22. The Morgan fingerprint density at radius 3 is 2.58 bits per heavy atom. The molecule has 0 radical (unpaired) electrons. The lowest BCUT2D eigenvalue weighted by molar-refractivity contribution is 0.0882. The van der Waals surface area contributed by atoms with Gasteiger partial charge in [0.05, 0.1) is 30.1 Å². The van der Waals surface area contributed by atoms with Crippen molar-refractivity contribution in [2.75, 3.05) is 18.4 Å². The topological polar surface area (TPSA) is 113 Å². The van der Waals surface area contributed by atoms with Crippen LogP contribution in [0.25, 0.3) is 28.2 Å². The maximum Gasteiger partial charge on any atom is 0.267 e. The lowest BCUT2D eigenvalue weighted by atomic mass is 10.0. The van der Waals surface area contributed by atoms with Crippen LogP contribution in [0.3, 0.4) is 0 Å². The number of pyridine rings is 2. The Morgan fingerprint density at radius 1 is 1.05 bits per heavy atom. The summed E-state index contributed by atoms with van der Waals surface area (Å²) in [4.78, 5) is 11.9. The third-order valence-electron chi connectivity index (χ3n) is 6.58. The van der Waals surface area contributed by atoms with Crippen molar-refractivity contribution in [2.45, 2.75) is 37.3 Å². The van der Waals surface area contributed by atoms with Gasteiger partial charge in [-0.05, 0) is 24.2 Å². The number of nitrogens with zero attached hydrogens (tertiary/aromatic N) is 5. The minimum Gasteiger partial charge on any atom is -0.480 e. The summed E-state index contributed by atoms with van der Waals surface area (Å²) in [5.74, 6) is -2.85. The minimum atomic E-state index is -4.56. The highest BCUT2D eigenvalue weighted by molar-refractivity contribution is 7.92. The Labute approximate surface area is 247 Å². The van der Waals surface area contributed by atoms with Gasteiger partial charge < -0.3 is 18.4 Å². The monoisotopic (exact) mass is 630 g/mol. The highest BCUT2D eigenvalue weighted by Crippen LogP contribution is 2.34. The summed E-state index contributed by atoms with van der Waals surface area (Å²) in [6, 6.07) is 6.72. The van der Waals surface area contributed by atoms with Crippen LogP contribution in [-0.2, 0) is 21.5 Å². The van der Waals surface area contributed by atoms with Gasteiger partial charge in [-0.25, -0.2) is 36.5 Å². The van der Waals surface area contributed by atoms with Gasteiger partial charge in [-0.1, -0.05) is 25.7 Å². The summed E-state index contributed by atoms with van der Waals surface area (Å²) in [6.45, 7) is 7.77. The van der Waals surface area contributed by atoms with Crippen molar-refractivity contribution in [3.05, 3.63) is 78.9 Å². The fraction of sp³-hybridized carbons (Fsp3) is 0.250. The first kappa shape index (κ1) is 30.3. The maximum atomic E-state index is 15.7. The molecule has 0 unspecified atom stereocenters. The molecule has 0 aliphatic rings. The van der Waals surface area contributed by atoms with Crippen molar-refractivity contribution in [2.24, 2.45) is 0 Å². The number of hydrogen-bond donors (Lipinski definition) is 1. The zero-order valence-corrected chi connectivity index (χ0v) is 25.6. The number of rotatable bonds is 11. The molecular formula is C28H29F3N6O4SSi. The molecular weight excluding hydrogens is 601 g/mol. The van der Waals surface area contributed by atoms with Crippen LogP contribution in [0.2, 0.25) is 25.7 Å². The van der Waals surface area contributed by atoms with Gasteiger partial charge in [0, 0.05) is 44.9 Å². The number of fused-ring (bicyclic) bond motifs is 1. The average molecular weight is 631 g/mol. The summed E-state index contributed by atoms with van der Waals surface area (Å²) < 4.78 is 86.7. The number of aromatic nitrogens is 5. The number of sulfonamides is 1. The Morgan fingerprint density at radius 2 is 1.84 bits per heavy atom. The Balaban J connectivity index is 1.44. The largest absolute Gasteiger partial charge is 0.480 e. The van der Waals surface area contributed by atoms with Crippen LogP contribution in [0.4, 0.5) is 18.9 Å². The number of imidazole rings is 2. The number of hydrogen-bond acceptors (Lipinski definition) is 7. The van der Waals surface area contributed by atoms with Crippen molar-refractivity contribution in [3.63, 3.8) is 0 Å². The molecule has 0 aliphatic carbocycles.